The third-order valence-electron chi connectivity index (χ3n) is 4.39. The number of hydrogen-bond donors (Lipinski definition) is 1. The molecule has 1 heterocycles. The van der Waals surface area contributed by atoms with Gasteiger partial charge in [0.15, 0.2) is 0 Å². The zero-order valence-corrected chi connectivity index (χ0v) is 14.9. The molecule has 1 N–H and O–H groups in total. The molecule has 1 saturated heterocycles. The van der Waals surface area contributed by atoms with Crippen molar-refractivity contribution in [3.8, 4) is 5.75 Å². The van der Waals surface area contributed by atoms with Gasteiger partial charge < -0.3 is 19.9 Å². The Morgan fingerprint density at radius 1 is 1.04 bits per heavy atom. The Balaban J connectivity index is 1.57. The maximum atomic E-state index is 12.6. The first kappa shape index (κ1) is 17.1. The summed E-state index contributed by atoms with van der Waals surface area (Å²) in [6, 6.07) is 16.0. The van der Waals surface area contributed by atoms with Gasteiger partial charge in [-0.3, -0.25) is 0 Å². The van der Waals surface area contributed by atoms with Crippen LogP contribution in [-0.4, -0.2) is 43.7 Å². The Bertz CT molecular complexity index is 707. The zero-order valence-electron chi connectivity index (χ0n) is 14.9. The minimum Gasteiger partial charge on any atom is -0.492 e. The summed E-state index contributed by atoms with van der Waals surface area (Å²) in [4.78, 5) is 16.7. The lowest BCUT2D eigenvalue weighted by atomic mass is 10.2. The fraction of sp³-hybridized carbons (Fsp3) is 0.350. The molecule has 0 unspecified atom stereocenters. The normalized spacial score (nSPS) is 14.3. The fourth-order valence-electron chi connectivity index (χ4n) is 2.97. The summed E-state index contributed by atoms with van der Waals surface area (Å²) in [5.74, 6) is 0.705. The van der Waals surface area contributed by atoms with Crippen LogP contribution in [0.1, 0.15) is 12.5 Å². The van der Waals surface area contributed by atoms with Gasteiger partial charge in [-0.15, -0.1) is 0 Å². The second-order valence-corrected chi connectivity index (χ2v) is 6.17. The minimum atomic E-state index is -0.0734. The number of nitrogens with zero attached hydrogens (tertiary/aromatic N) is 2. The molecule has 0 aromatic heterocycles. The van der Waals surface area contributed by atoms with Crippen molar-refractivity contribution in [3.05, 3.63) is 54.1 Å². The van der Waals surface area contributed by atoms with Crippen LogP contribution < -0.4 is 15.0 Å². The van der Waals surface area contributed by atoms with Crippen molar-refractivity contribution in [2.45, 2.75) is 13.8 Å². The van der Waals surface area contributed by atoms with Crippen molar-refractivity contribution in [2.24, 2.45) is 0 Å². The lowest BCUT2D eigenvalue weighted by Crippen LogP contribution is -2.50. The quantitative estimate of drug-likeness (QED) is 0.923. The fourth-order valence-corrected chi connectivity index (χ4v) is 2.97. The van der Waals surface area contributed by atoms with E-state index in [0.717, 1.165) is 18.8 Å². The van der Waals surface area contributed by atoms with Gasteiger partial charge in [-0.2, -0.15) is 0 Å². The van der Waals surface area contributed by atoms with Gasteiger partial charge in [0.05, 0.1) is 12.3 Å². The van der Waals surface area contributed by atoms with Crippen LogP contribution in [0.15, 0.2) is 48.5 Å². The summed E-state index contributed by atoms with van der Waals surface area (Å²) in [5, 5.41) is 2.97. The number of hydrogen-bond acceptors (Lipinski definition) is 3. The van der Waals surface area contributed by atoms with Crippen LogP contribution in [0.5, 0.6) is 5.75 Å². The predicted octanol–water partition coefficient (Wildman–Crippen LogP) is 3.75. The number of nitrogens with one attached hydrogen (secondary N) is 1. The molecule has 0 radical (unpaired) electrons. The average molecular weight is 339 g/mol. The van der Waals surface area contributed by atoms with E-state index >= 15 is 0 Å². The number of carbonyl (C=O) groups excluding carboxylic acids is 1. The molecule has 3 rings (SSSR count). The van der Waals surface area contributed by atoms with Gasteiger partial charge in [0.2, 0.25) is 0 Å². The van der Waals surface area contributed by atoms with Crippen LogP contribution in [0.3, 0.4) is 0 Å². The van der Waals surface area contributed by atoms with Gasteiger partial charge in [-0.1, -0.05) is 29.8 Å². The van der Waals surface area contributed by atoms with E-state index in [9.17, 15) is 4.79 Å². The molecular formula is C20H25N3O2. The van der Waals surface area contributed by atoms with Crippen LogP contribution in [0, 0.1) is 6.92 Å². The highest BCUT2D eigenvalue weighted by Gasteiger charge is 2.22. The molecule has 0 atom stereocenters. The number of rotatable bonds is 4. The van der Waals surface area contributed by atoms with Crippen LogP contribution >= 0.6 is 0 Å². The SMILES string of the molecule is CCOc1ccccc1NC(=O)N1CCN(c2ccc(C)cc2)CC1. The lowest BCUT2D eigenvalue weighted by Gasteiger charge is -2.36. The molecular weight excluding hydrogens is 314 g/mol. The van der Waals surface area contributed by atoms with Crippen LogP contribution in [0.2, 0.25) is 0 Å². The maximum Gasteiger partial charge on any atom is 0.322 e. The van der Waals surface area contributed by atoms with Gasteiger partial charge in [0.1, 0.15) is 5.75 Å². The van der Waals surface area contributed by atoms with Gasteiger partial charge in [-0.25, -0.2) is 4.79 Å². The molecule has 0 saturated carbocycles. The van der Waals surface area contributed by atoms with Gasteiger partial charge in [0, 0.05) is 31.9 Å². The maximum absolute atomic E-state index is 12.6. The van der Waals surface area contributed by atoms with Crippen molar-refractivity contribution >= 4 is 17.4 Å². The molecule has 2 amide bonds. The van der Waals surface area contributed by atoms with Gasteiger partial charge in [0.25, 0.3) is 0 Å². The largest absolute Gasteiger partial charge is 0.492 e. The standard InChI is InChI=1S/C20H25N3O2/c1-3-25-19-7-5-4-6-18(19)21-20(24)23-14-12-22(13-15-23)17-10-8-16(2)9-11-17/h4-11H,3,12-15H2,1-2H3,(H,21,24). The monoisotopic (exact) mass is 339 g/mol. The molecule has 0 aliphatic carbocycles. The summed E-state index contributed by atoms with van der Waals surface area (Å²) in [6.45, 7) is 7.68. The number of piperazine rings is 1. The van der Waals surface area contributed by atoms with E-state index in [0.29, 0.717) is 25.4 Å². The van der Waals surface area contributed by atoms with E-state index in [1.165, 1.54) is 11.3 Å². The second kappa shape index (κ2) is 7.92. The molecule has 5 nitrogen and oxygen atoms in total. The number of carbonyl (C=O) groups is 1. The van der Waals surface area contributed by atoms with Crippen molar-refractivity contribution in [1.29, 1.82) is 0 Å². The molecule has 1 aliphatic heterocycles. The van der Waals surface area contributed by atoms with E-state index in [-0.39, 0.29) is 6.03 Å². The molecule has 25 heavy (non-hydrogen) atoms. The average Bonchev–Trinajstić information content (AvgIpc) is 2.64. The highest BCUT2D eigenvalue weighted by molar-refractivity contribution is 5.91. The van der Waals surface area contributed by atoms with Crippen LogP contribution in [0.25, 0.3) is 0 Å². The number of benzene rings is 2. The molecule has 2 aromatic carbocycles. The summed E-state index contributed by atoms with van der Waals surface area (Å²) < 4.78 is 5.57. The number of amides is 2. The summed E-state index contributed by atoms with van der Waals surface area (Å²) in [5.41, 5.74) is 3.19. The molecule has 5 heteroatoms. The molecule has 1 aliphatic rings. The number of aryl methyl sites for hydroxylation is 1. The van der Waals surface area contributed by atoms with Crippen LogP contribution in [-0.2, 0) is 0 Å². The van der Waals surface area contributed by atoms with Crippen molar-refractivity contribution in [2.75, 3.05) is 43.0 Å². The Kier molecular flexibility index (Phi) is 5.43. The highest BCUT2D eigenvalue weighted by atomic mass is 16.5. The third kappa shape index (κ3) is 4.24. The van der Waals surface area contributed by atoms with E-state index in [1.54, 1.807) is 0 Å². The second-order valence-electron chi connectivity index (χ2n) is 6.17. The van der Waals surface area contributed by atoms with E-state index < -0.39 is 0 Å². The van der Waals surface area contributed by atoms with Crippen molar-refractivity contribution in [1.82, 2.24) is 4.90 Å². The third-order valence-corrected chi connectivity index (χ3v) is 4.39. The van der Waals surface area contributed by atoms with Crippen molar-refractivity contribution in [3.63, 3.8) is 0 Å². The molecule has 132 valence electrons. The number of urea groups is 1. The van der Waals surface area contributed by atoms with Crippen molar-refractivity contribution < 1.29 is 9.53 Å². The first-order chi connectivity index (χ1) is 12.2. The lowest BCUT2D eigenvalue weighted by molar-refractivity contribution is 0.208. The Morgan fingerprint density at radius 3 is 2.40 bits per heavy atom. The van der Waals surface area contributed by atoms with E-state index in [4.69, 9.17) is 4.74 Å². The Hall–Kier alpha value is -2.69. The topological polar surface area (TPSA) is 44.8 Å². The van der Waals surface area contributed by atoms with Crippen LogP contribution in [0.4, 0.5) is 16.2 Å². The Labute approximate surface area is 149 Å². The summed E-state index contributed by atoms with van der Waals surface area (Å²) in [7, 11) is 0. The number of para-hydroxylation sites is 2. The van der Waals surface area contributed by atoms with E-state index in [1.807, 2.05) is 36.1 Å². The molecule has 0 spiro atoms. The van der Waals surface area contributed by atoms with Gasteiger partial charge in [-0.05, 0) is 38.1 Å². The molecule has 0 bridgehead atoms. The first-order valence-corrected chi connectivity index (χ1v) is 8.76. The number of ether oxygens (including phenoxy) is 1. The molecule has 1 fully saturated rings. The van der Waals surface area contributed by atoms with E-state index in [2.05, 4.69) is 41.4 Å². The summed E-state index contributed by atoms with van der Waals surface area (Å²) >= 11 is 0. The highest BCUT2D eigenvalue weighted by Crippen LogP contribution is 2.24. The minimum absolute atomic E-state index is 0.0734. The predicted molar refractivity (Wildman–Crippen MR) is 102 cm³/mol. The smallest absolute Gasteiger partial charge is 0.322 e. The van der Waals surface area contributed by atoms with Gasteiger partial charge >= 0.3 is 6.03 Å². The Morgan fingerprint density at radius 2 is 1.72 bits per heavy atom. The summed E-state index contributed by atoms with van der Waals surface area (Å²) in [6.07, 6.45) is 0. The molecule has 2 aromatic rings. The zero-order chi connectivity index (χ0) is 17.6. The first-order valence-electron chi connectivity index (χ1n) is 8.76. The number of anilines is 2.